The zero-order chi connectivity index (χ0) is 21.8. The molecule has 2 aromatic rings. The third kappa shape index (κ3) is 4.98. The first-order valence-electron chi connectivity index (χ1n) is 10.5. The average Bonchev–Trinajstić information content (AvgIpc) is 2.96. The lowest BCUT2D eigenvalue weighted by atomic mass is 10.0. The maximum Gasteiger partial charge on any atom is 0.252 e. The zero-order valence-corrected chi connectivity index (χ0v) is 18.3. The number of nitrogens with one attached hydrogen (secondary N) is 1. The third-order valence-corrected chi connectivity index (χ3v) is 5.81. The number of amides is 2. The minimum atomic E-state index is -0.286. The number of rotatable bonds is 6. The number of hydrogen-bond donors (Lipinski definition) is 1. The van der Waals surface area contributed by atoms with E-state index in [-0.39, 0.29) is 30.0 Å². The topological polar surface area (TPSA) is 89.2 Å². The SMILES string of the molecule is Cc1nn(C)c(C)c1C[C@H](C)NC(=O)c1ccc(=O)n(CC(=O)N2CCCCC2)c1. The number of likely N-dealkylation sites (tertiary alicyclic amines) is 1. The molecule has 2 amide bonds. The molecule has 1 atom stereocenters. The fourth-order valence-corrected chi connectivity index (χ4v) is 3.96. The number of aromatic nitrogens is 3. The number of nitrogens with zero attached hydrogens (tertiary/aromatic N) is 4. The molecule has 0 saturated carbocycles. The largest absolute Gasteiger partial charge is 0.349 e. The molecule has 1 aliphatic heterocycles. The predicted molar refractivity (Wildman–Crippen MR) is 114 cm³/mol. The highest BCUT2D eigenvalue weighted by Gasteiger charge is 2.19. The van der Waals surface area contributed by atoms with E-state index >= 15 is 0 Å². The molecular weight excluding hydrogens is 382 g/mol. The van der Waals surface area contributed by atoms with Gasteiger partial charge in [0.05, 0.1) is 11.3 Å². The second kappa shape index (κ2) is 9.28. The molecule has 2 aromatic heterocycles. The third-order valence-electron chi connectivity index (χ3n) is 5.81. The van der Waals surface area contributed by atoms with E-state index < -0.39 is 0 Å². The Hall–Kier alpha value is -2.90. The Morgan fingerprint density at radius 1 is 1.17 bits per heavy atom. The van der Waals surface area contributed by atoms with Crippen molar-refractivity contribution in [2.45, 2.75) is 59.0 Å². The van der Waals surface area contributed by atoms with E-state index in [2.05, 4.69) is 10.4 Å². The lowest BCUT2D eigenvalue weighted by Gasteiger charge is -2.27. The minimum Gasteiger partial charge on any atom is -0.349 e. The van der Waals surface area contributed by atoms with Crippen LogP contribution < -0.4 is 10.9 Å². The molecule has 8 nitrogen and oxygen atoms in total. The van der Waals surface area contributed by atoms with Crippen LogP contribution in [0, 0.1) is 13.8 Å². The van der Waals surface area contributed by atoms with E-state index in [9.17, 15) is 14.4 Å². The number of pyridine rings is 1. The summed E-state index contributed by atoms with van der Waals surface area (Å²) in [6, 6.07) is 2.75. The van der Waals surface area contributed by atoms with E-state index in [1.54, 1.807) is 4.90 Å². The molecule has 0 unspecified atom stereocenters. The van der Waals surface area contributed by atoms with Crippen molar-refractivity contribution in [2.24, 2.45) is 7.05 Å². The summed E-state index contributed by atoms with van der Waals surface area (Å²) in [5, 5.41) is 7.40. The molecule has 162 valence electrons. The van der Waals surface area contributed by atoms with Crippen molar-refractivity contribution in [3.05, 3.63) is 51.2 Å². The predicted octanol–water partition coefficient (Wildman–Crippen LogP) is 1.57. The lowest BCUT2D eigenvalue weighted by molar-refractivity contribution is -0.132. The first kappa shape index (κ1) is 21.8. The maximum atomic E-state index is 12.7. The summed E-state index contributed by atoms with van der Waals surface area (Å²) < 4.78 is 3.17. The van der Waals surface area contributed by atoms with Gasteiger partial charge in [0.15, 0.2) is 0 Å². The van der Waals surface area contributed by atoms with Gasteiger partial charge in [0.2, 0.25) is 5.91 Å². The summed E-state index contributed by atoms with van der Waals surface area (Å²) in [7, 11) is 1.91. The summed E-state index contributed by atoms with van der Waals surface area (Å²) in [6.45, 7) is 7.35. The summed E-state index contributed by atoms with van der Waals surface area (Å²) in [4.78, 5) is 39.2. The van der Waals surface area contributed by atoms with Gasteiger partial charge in [-0.2, -0.15) is 5.10 Å². The van der Waals surface area contributed by atoms with E-state index in [0.717, 1.165) is 49.3 Å². The summed E-state index contributed by atoms with van der Waals surface area (Å²) in [5.74, 6) is -0.342. The van der Waals surface area contributed by atoms with E-state index in [0.29, 0.717) is 12.0 Å². The average molecular weight is 414 g/mol. The molecular formula is C22H31N5O3. The normalized spacial score (nSPS) is 15.1. The van der Waals surface area contributed by atoms with Gasteiger partial charge in [-0.25, -0.2) is 0 Å². The van der Waals surface area contributed by atoms with Gasteiger partial charge in [-0.1, -0.05) is 0 Å². The second-order valence-electron chi connectivity index (χ2n) is 8.18. The highest BCUT2D eigenvalue weighted by atomic mass is 16.2. The Bertz CT molecular complexity index is 985. The number of piperidine rings is 1. The highest BCUT2D eigenvalue weighted by molar-refractivity contribution is 5.94. The van der Waals surface area contributed by atoms with Crippen LogP contribution in [0.1, 0.15) is 53.5 Å². The molecule has 1 aliphatic rings. The van der Waals surface area contributed by atoms with Gasteiger partial charge in [0.1, 0.15) is 6.54 Å². The Balaban J connectivity index is 1.66. The molecule has 0 aromatic carbocycles. The van der Waals surface area contributed by atoms with E-state index in [1.807, 2.05) is 32.5 Å². The molecule has 30 heavy (non-hydrogen) atoms. The quantitative estimate of drug-likeness (QED) is 0.779. The Kier molecular flexibility index (Phi) is 6.74. The van der Waals surface area contributed by atoms with Crippen molar-refractivity contribution < 1.29 is 9.59 Å². The van der Waals surface area contributed by atoms with Crippen LogP contribution in [-0.2, 0) is 24.8 Å². The molecule has 0 radical (unpaired) electrons. The van der Waals surface area contributed by atoms with Gasteiger partial charge < -0.3 is 14.8 Å². The Labute approximate surface area is 176 Å². The Morgan fingerprint density at radius 3 is 2.50 bits per heavy atom. The van der Waals surface area contributed by atoms with Gasteiger partial charge >= 0.3 is 0 Å². The summed E-state index contributed by atoms with van der Waals surface area (Å²) in [5.41, 5.74) is 3.25. The first-order chi connectivity index (χ1) is 14.3. The highest BCUT2D eigenvalue weighted by Crippen LogP contribution is 2.14. The fraction of sp³-hybridized carbons (Fsp3) is 0.545. The first-order valence-corrected chi connectivity index (χ1v) is 10.5. The van der Waals surface area contributed by atoms with E-state index in [4.69, 9.17) is 0 Å². The van der Waals surface area contributed by atoms with Crippen LogP contribution in [0.3, 0.4) is 0 Å². The van der Waals surface area contributed by atoms with Crippen LogP contribution in [0.15, 0.2) is 23.1 Å². The van der Waals surface area contributed by atoms with Gasteiger partial charge in [0, 0.05) is 44.1 Å². The van der Waals surface area contributed by atoms with Crippen LogP contribution in [-0.4, -0.2) is 50.2 Å². The molecule has 0 bridgehead atoms. The second-order valence-corrected chi connectivity index (χ2v) is 8.18. The Morgan fingerprint density at radius 2 is 1.87 bits per heavy atom. The van der Waals surface area contributed by atoms with Crippen molar-refractivity contribution in [1.82, 2.24) is 24.6 Å². The van der Waals surface area contributed by atoms with Crippen molar-refractivity contribution >= 4 is 11.8 Å². The smallest absolute Gasteiger partial charge is 0.252 e. The molecule has 3 heterocycles. The van der Waals surface area contributed by atoms with Gasteiger partial charge in [-0.3, -0.25) is 19.1 Å². The van der Waals surface area contributed by atoms with Crippen LogP contribution in [0.4, 0.5) is 0 Å². The van der Waals surface area contributed by atoms with Crippen LogP contribution in [0.25, 0.3) is 0 Å². The number of hydrogen-bond acceptors (Lipinski definition) is 4. The van der Waals surface area contributed by atoms with Crippen molar-refractivity contribution in [2.75, 3.05) is 13.1 Å². The van der Waals surface area contributed by atoms with Crippen molar-refractivity contribution in [1.29, 1.82) is 0 Å². The van der Waals surface area contributed by atoms with Crippen molar-refractivity contribution in [3.8, 4) is 0 Å². The molecule has 1 N–H and O–H groups in total. The number of carbonyl (C=O) groups excluding carboxylic acids is 2. The number of carbonyl (C=O) groups is 2. The number of aryl methyl sites for hydroxylation is 2. The molecule has 0 aliphatic carbocycles. The molecule has 3 rings (SSSR count). The van der Waals surface area contributed by atoms with Gasteiger partial charge in [0.25, 0.3) is 11.5 Å². The standard InChI is InChI=1S/C22H31N5O3/c1-15(12-19-16(2)24-25(4)17(19)3)23-22(30)18-8-9-20(28)27(13-18)14-21(29)26-10-6-5-7-11-26/h8-9,13,15H,5-7,10-12,14H2,1-4H3,(H,23,30)/t15-/m0/s1. The van der Waals surface area contributed by atoms with Crippen molar-refractivity contribution in [3.63, 3.8) is 0 Å². The van der Waals surface area contributed by atoms with Gasteiger partial charge in [-0.05, 0) is 58.1 Å². The molecule has 8 heteroatoms. The summed E-state index contributed by atoms with van der Waals surface area (Å²) in [6.07, 6.45) is 5.28. The minimum absolute atomic E-state index is 0.0381. The van der Waals surface area contributed by atoms with Gasteiger partial charge in [-0.15, -0.1) is 0 Å². The molecule has 1 fully saturated rings. The molecule has 0 spiro atoms. The monoisotopic (exact) mass is 413 g/mol. The zero-order valence-electron chi connectivity index (χ0n) is 18.3. The molecule has 1 saturated heterocycles. The summed E-state index contributed by atoms with van der Waals surface area (Å²) >= 11 is 0. The van der Waals surface area contributed by atoms with Crippen LogP contribution in [0.2, 0.25) is 0 Å². The maximum absolute atomic E-state index is 12.7. The lowest BCUT2D eigenvalue weighted by Crippen LogP contribution is -2.40. The van der Waals surface area contributed by atoms with E-state index in [1.165, 1.54) is 22.9 Å². The van der Waals surface area contributed by atoms with Crippen LogP contribution in [0.5, 0.6) is 0 Å². The van der Waals surface area contributed by atoms with Crippen LogP contribution >= 0.6 is 0 Å². The fourth-order valence-electron chi connectivity index (χ4n) is 3.96.